The maximum absolute atomic E-state index is 5.64. The molecule has 0 fully saturated rings. The molecule has 110 valence electrons. The van der Waals surface area contributed by atoms with Crippen LogP contribution < -0.4 is 10.1 Å². The first-order valence-electron chi connectivity index (χ1n) is 7.48. The van der Waals surface area contributed by atoms with Crippen LogP contribution in [0.15, 0.2) is 29.3 Å². The Morgan fingerprint density at radius 3 is 2.75 bits per heavy atom. The van der Waals surface area contributed by atoms with Crippen molar-refractivity contribution < 1.29 is 4.74 Å². The number of hydrogen-bond acceptors (Lipinski definition) is 4. The number of anilines is 1. The third-order valence-corrected chi connectivity index (χ3v) is 4.97. The lowest BCUT2D eigenvalue weighted by molar-refractivity contribution is 0.342. The second kappa shape index (κ2) is 7.58. The minimum atomic E-state index is 0.617. The molecule has 0 amide bonds. The molecule has 4 heteroatoms. The van der Waals surface area contributed by atoms with Crippen LogP contribution >= 0.6 is 11.8 Å². The Kier molecular flexibility index (Phi) is 5.77. The normalized spacial score (nSPS) is 18.2. The summed E-state index contributed by atoms with van der Waals surface area (Å²) in [6.45, 7) is 8.14. The highest BCUT2D eigenvalue weighted by Gasteiger charge is 2.26. The molecule has 0 radical (unpaired) electrons. The number of rotatable bonds is 6. The van der Waals surface area contributed by atoms with Gasteiger partial charge in [-0.2, -0.15) is 0 Å². The second-order valence-electron chi connectivity index (χ2n) is 4.93. The van der Waals surface area contributed by atoms with Crippen molar-refractivity contribution in [2.45, 2.75) is 38.9 Å². The largest absolute Gasteiger partial charge is 0.492 e. The molecule has 0 saturated heterocycles. The minimum Gasteiger partial charge on any atom is -0.492 e. The molecule has 1 aliphatic rings. The highest BCUT2D eigenvalue weighted by molar-refractivity contribution is 8.15. The molecule has 2 rings (SSSR count). The van der Waals surface area contributed by atoms with E-state index in [2.05, 4.69) is 24.2 Å². The number of nitrogens with one attached hydrogen (secondary N) is 1. The number of nitrogens with zero attached hydrogens (tertiary/aromatic N) is 1. The summed E-state index contributed by atoms with van der Waals surface area (Å²) in [6.07, 6.45) is 2.46. The van der Waals surface area contributed by atoms with Crippen LogP contribution in [0.25, 0.3) is 0 Å². The number of para-hydroxylation sites is 2. The highest BCUT2D eigenvalue weighted by Crippen LogP contribution is 2.33. The number of hydrogen-bond donors (Lipinski definition) is 1. The number of thioether (sulfide) groups is 1. The van der Waals surface area contributed by atoms with Crippen LogP contribution in [0.1, 0.15) is 33.6 Å². The Morgan fingerprint density at radius 1 is 1.30 bits per heavy atom. The number of ether oxygens (including phenoxy) is 1. The molecule has 0 bridgehead atoms. The van der Waals surface area contributed by atoms with Crippen molar-refractivity contribution in [2.24, 2.45) is 10.9 Å². The van der Waals surface area contributed by atoms with Crippen LogP contribution in [0.2, 0.25) is 0 Å². The third-order valence-electron chi connectivity index (χ3n) is 3.68. The topological polar surface area (TPSA) is 33.6 Å². The summed E-state index contributed by atoms with van der Waals surface area (Å²) in [4.78, 5) is 4.64. The average Bonchev–Trinajstić information content (AvgIpc) is 2.91. The monoisotopic (exact) mass is 292 g/mol. The van der Waals surface area contributed by atoms with Gasteiger partial charge in [-0.05, 0) is 25.0 Å². The van der Waals surface area contributed by atoms with Crippen molar-refractivity contribution in [3.63, 3.8) is 0 Å². The van der Waals surface area contributed by atoms with Gasteiger partial charge in [0.05, 0.1) is 18.8 Å². The second-order valence-corrected chi connectivity index (χ2v) is 6.16. The van der Waals surface area contributed by atoms with E-state index in [0.717, 1.165) is 29.1 Å². The fraction of sp³-hybridized carbons (Fsp3) is 0.562. The van der Waals surface area contributed by atoms with E-state index >= 15 is 0 Å². The Bertz CT molecular complexity index is 458. The minimum absolute atomic E-state index is 0.617. The lowest BCUT2D eigenvalue weighted by Gasteiger charge is -2.19. The zero-order valence-corrected chi connectivity index (χ0v) is 13.4. The van der Waals surface area contributed by atoms with Crippen molar-refractivity contribution in [2.75, 3.05) is 18.5 Å². The van der Waals surface area contributed by atoms with Gasteiger partial charge in [-0.3, -0.25) is 4.99 Å². The van der Waals surface area contributed by atoms with Crippen LogP contribution in [-0.2, 0) is 0 Å². The van der Waals surface area contributed by atoms with Gasteiger partial charge < -0.3 is 10.1 Å². The van der Waals surface area contributed by atoms with Crippen molar-refractivity contribution in [1.29, 1.82) is 0 Å². The molecule has 1 atom stereocenters. The zero-order chi connectivity index (χ0) is 14.4. The third kappa shape index (κ3) is 3.69. The summed E-state index contributed by atoms with van der Waals surface area (Å²) < 4.78 is 5.64. The van der Waals surface area contributed by atoms with Gasteiger partial charge in [0.2, 0.25) is 0 Å². The molecule has 1 N–H and O–H groups in total. The van der Waals surface area contributed by atoms with Gasteiger partial charge in [0, 0.05) is 5.25 Å². The molecular weight excluding hydrogens is 268 g/mol. The van der Waals surface area contributed by atoms with Crippen molar-refractivity contribution in [3.8, 4) is 5.75 Å². The van der Waals surface area contributed by atoms with Crippen molar-refractivity contribution >= 4 is 22.6 Å². The molecule has 0 aliphatic carbocycles. The van der Waals surface area contributed by atoms with Gasteiger partial charge in [0.1, 0.15) is 5.75 Å². The first-order chi connectivity index (χ1) is 9.78. The highest BCUT2D eigenvalue weighted by atomic mass is 32.2. The number of aliphatic imine (C=N–C) groups is 1. The summed E-state index contributed by atoms with van der Waals surface area (Å²) in [5, 5.41) is 5.05. The molecule has 0 aromatic heterocycles. The van der Waals surface area contributed by atoms with E-state index in [-0.39, 0.29) is 0 Å². The SMILES string of the molecule is CCOc1ccccc1NC1=NCC(C(CC)CC)S1. The van der Waals surface area contributed by atoms with E-state index in [1.54, 1.807) is 0 Å². The molecular formula is C16H24N2OS. The summed E-state index contributed by atoms with van der Waals surface area (Å²) in [5.74, 6) is 1.65. The molecule has 0 spiro atoms. The lowest BCUT2D eigenvalue weighted by atomic mass is 9.99. The quantitative estimate of drug-likeness (QED) is 0.843. The summed E-state index contributed by atoms with van der Waals surface area (Å²) in [6, 6.07) is 8.04. The maximum atomic E-state index is 5.64. The van der Waals surface area contributed by atoms with E-state index in [9.17, 15) is 0 Å². The Morgan fingerprint density at radius 2 is 2.05 bits per heavy atom. The molecule has 1 aromatic rings. The summed E-state index contributed by atoms with van der Waals surface area (Å²) in [5.41, 5.74) is 1.01. The molecule has 1 aromatic carbocycles. The van der Waals surface area contributed by atoms with Crippen LogP contribution in [0.4, 0.5) is 5.69 Å². The maximum Gasteiger partial charge on any atom is 0.161 e. The first-order valence-corrected chi connectivity index (χ1v) is 8.36. The Balaban J connectivity index is 1.98. The first kappa shape index (κ1) is 15.2. The average molecular weight is 292 g/mol. The summed E-state index contributed by atoms with van der Waals surface area (Å²) in [7, 11) is 0. The van der Waals surface area contributed by atoms with Gasteiger partial charge in [0.15, 0.2) is 5.17 Å². The van der Waals surface area contributed by atoms with Crippen molar-refractivity contribution in [1.82, 2.24) is 0 Å². The standard InChI is InChI=1S/C16H24N2OS/c1-4-12(5-2)15-11-17-16(20-15)18-13-9-7-8-10-14(13)19-6-3/h7-10,12,15H,4-6,11H2,1-3H3,(H,17,18). The zero-order valence-electron chi connectivity index (χ0n) is 12.6. The Hall–Kier alpha value is -1.16. The van der Waals surface area contributed by atoms with E-state index in [4.69, 9.17) is 4.74 Å². The van der Waals surface area contributed by atoms with Gasteiger partial charge in [0.25, 0.3) is 0 Å². The predicted octanol–water partition coefficient (Wildman–Crippen LogP) is 4.40. The van der Waals surface area contributed by atoms with E-state index in [1.807, 2.05) is 43.0 Å². The van der Waals surface area contributed by atoms with Crippen LogP contribution in [0.5, 0.6) is 5.75 Å². The Labute approximate surface area is 126 Å². The van der Waals surface area contributed by atoms with Crippen LogP contribution in [0, 0.1) is 5.92 Å². The molecule has 0 saturated carbocycles. The van der Waals surface area contributed by atoms with E-state index in [0.29, 0.717) is 11.9 Å². The predicted molar refractivity (Wildman–Crippen MR) is 89.0 cm³/mol. The number of amidine groups is 1. The molecule has 1 aliphatic heterocycles. The van der Waals surface area contributed by atoms with Gasteiger partial charge in [-0.1, -0.05) is 50.6 Å². The number of benzene rings is 1. The van der Waals surface area contributed by atoms with Gasteiger partial charge >= 0.3 is 0 Å². The summed E-state index contributed by atoms with van der Waals surface area (Å²) >= 11 is 1.87. The van der Waals surface area contributed by atoms with Gasteiger partial charge in [-0.25, -0.2) is 0 Å². The molecule has 1 heterocycles. The van der Waals surface area contributed by atoms with E-state index in [1.165, 1.54) is 12.8 Å². The molecule has 20 heavy (non-hydrogen) atoms. The molecule has 3 nitrogen and oxygen atoms in total. The van der Waals surface area contributed by atoms with Crippen LogP contribution in [-0.4, -0.2) is 23.6 Å². The smallest absolute Gasteiger partial charge is 0.161 e. The molecule has 1 unspecified atom stereocenters. The van der Waals surface area contributed by atoms with E-state index < -0.39 is 0 Å². The van der Waals surface area contributed by atoms with Gasteiger partial charge in [-0.15, -0.1) is 0 Å². The lowest BCUT2D eigenvalue weighted by Crippen LogP contribution is -2.17. The van der Waals surface area contributed by atoms with Crippen molar-refractivity contribution in [3.05, 3.63) is 24.3 Å². The fourth-order valence-electron chi connectivity index (χ4n) is 2.49. The fourth-order valence-corrected chi connectivity index (χ4v) is 3.82. The van der Waals surface area contributed by atoms with Crippen LogP contribution in [0.3, 0.4) is 0 Å².